The molecule has 32 heavy (non-hydrogen) atoms. The van der Waals surface area contributed by atoms with Crippen LogP contribution in [-0.2, 0) is 27.9 Å². The summed E-state index contributed by atoms with van der Waals surface area (Å²) in [5.41, 5.74) is 1.01. The molecule has 3 heterocycles. The lowest BCUT2D eigenvalue weighted by atomic mass is 10.1. The van der Waals surface area contributed by atoms with Gasteiger partial charge in [-0.15, -0.1) is 0 Å². The average Bonchev–Trinajstić information content (AvgIpc) is 3.51. The lowest BCUT2D eigenvalue weighted by molar-refractivity contribution is -0.135. The number of furan rings is 1. The van der Waals surface area contributed by atoms with Crippen LogP contribution < -0.4 is 0 Å². The van der Waals surface area contributed by atoms with E-state index in [1.165, 1.54) is 21.4 Å². The minimum Gasteiger partial charge on any atom is -0.467 e. The highest BCUT2D eigenvalue weighted by atomic mass is 32.2. The third-order valence-electron chi connectivity index (χ3n) is 5.82. The number of imidazole rings is 1. The highest BCUT2D eigenvalue weighted by molar-refractivity contribution is 7.89. The fourth-order valence-electron chi connectivity index (χ4n) is 3.97. The van der Waals surface area contributed by atoms with Crippen LogP contribution in [0.15, 0.2) is 70.7 Å². The van der Waals surface area contributed by atoms with Crippen molar-refractivity contribution in [2.24, 2.45) is 0 Å². The van der Waals surface area contributed by atoms with E-state index < -0.39 is 10.0 Å². The maximum atomic E-state index is 13.3. The summed E-state index contributed by atoms with van der Waals surface area (Å²) in [7, 11) is -3.64. The standard InChI is InChI=1S/C23H28N4O4S/c1-19(20-9-4-2-5-10-20)27(15-21-11-8-14-31-21)23(28)17-25-16-22(24-18-25)32(29,30)26-12-6-3-7-13-26/h2,4-5,8-11,14,16,18-19H,3,6-7,12-13,15,17H2,1H3. The number of hydrogen-bond donors (Lipinski definition) is 0. The van der Waals surface area contributed by atoms with E-state index >= 15 is 0 Å². The number of aromatic nitrogens is 2. The fraction of sp³-hybridized carbons (Fsp3) is 0.391. The molecule has 9 heteroatoms. The first kappa shape index (κ1) is 22.3. The summed E-state index contributed by atoms with van der Waals surface area (Å²) < 4.78 is 34.2. The summed E-state index contributed by atoms with van der Waals surface area (Å²) in [5, 5.41) is -0.0131. The average molecular weight is 457 g/mol. The van der Waals surface area contributed by atoms with E-state index in [1.54, 1.807) is 17.2 Å². The van der Waals surface area contributed by atoms with Crippen LogP contribution in [0.3, 0.4) is 0 Å². The van der Waals surface area contributed by atoms with Crippen molar-refractivity contribution in [1.82, 2.24) is 18.8 Å². The molecule has 8 nitrogen and oxygen atoms in total. The predicted octanol–water partition coefficient (Wildman–Crippen LogP) is 3.44. The van der Waals surface area contributed by atoms with Gasteiger partial charge in [0.05, 0.1) is 25.2 Å². The van der Waals surface area contributed by atoms with E-state index in [1.807, 2.05) is 43.3 Å². The summed E-state index contributed by atoms with van der Waals surface area (Å²) in [6.45, 7) is 3.30. The molecule has 1 amide bonds. The molecule has 2 aromatic heterocycles. The third-order valence-corrected chi connectivity index (χ3v) is 7.61. The number of carbonyl (C=O) groups excluding carboxylic acids is 1. The molecule has 0 spiro atoms. The van der Waals surface area contributed by atoms with Crippen LogP contribution in [0.2, 0.25) is 0 Å². The van der Waals surface area contributed by atoms with E-state index in [9.17, 15) is 13.2 Å². The molecule has 0 aliphatic carbocycles. The second-order valence-electron chi connectivity index (χ2n) is 8.04. The van der Waals surface area contributed by atoms with Gasteiger partial charge in [0, 0.05) is 19.3 Å². The van der Waals surface area contributed by atoms with Gasteiger partial charge in [0.2, 0.25) is 5.91 Å². The number of piperidine rings is 1. The molecule has 1 atom stereocenters. The van der Waals surface area contributed by atoms with Gasteiger partial charge in [-0.2, -0.15) is 4.31 Å². The molecular weight excluding hydrogens is 428 g/mol. The van der Waals surface area contributed by atoms with Crippen LogP contribution >= 0.6 is 0 Å². The zero-order chi connectivity index (χ0) is 22.6. The largest absolute Gasteiger partial charge is 0.467 e. The van der Waals surface area contributed by atoms with Gasteiger partial charge < -0.3 is 13.9 Å². The maximum Gasteiger partial charge on any atom is 0.262 e. The Balaban J connectivity index is 1.52. The van der Waals surface area contributed by atoms with Crippen molar-refractivity contribution in [3.8, 4) is 0 Å². The van der Waals surface area contributed by atoms with Crippen LogP contribution in [0.1, 0.15) is 43.6 Å². The number of amides is 1. The van der Waals surface area contributed by atoms with Gasteiger partial charge in [0.1, 0.15) is 12.3 Å². The lowest BCUT2D eigenvalue weighted by Crippen LogP contribution is -2.36. The second kappa shape index (κ2) is 9.70. The Morgan fingerprint density at radius 2 is 1.88 bits per heavy atom. The molecule has 1 aliphatic heterocycles. The van der Waals surface area contributed by atoms with Gasteiger partial charge in [-0.05, 0) is 37.5 Å². The van der Waals surface area contributed by atoms with Crippen LogP contribution in [0, 0.1) is 0 Å². The first-order valence-electron chi connectivity index (χ1n) is 10.8. The smallest absolute Gasteiger partial charge is 0.262 e. The molecule has 170 valence electrons. The third kappa shape index (κ3) is 4.94. The normalized spacial score (nSPS) is 16.0. The maximum absolute atomic E-state index is 13.3. The zero-order valence-electron chi connectivity index (χ0n) is 18.1. The predicted molar refractivity (Wildman–Crippen MR) is 119 cm³/mol. The van der Waals surface area contributed by atoms with Crippen molar-refractivity contribution >= 4 is 15.9 Å². The molecule has 4 rings (SSSR count). The minimum atomic E-state index is -3.64. The number of benzene rings is 1. The highest BCUT2D eigenvalue weighted by Gasteiger charge is 2.29. The molecule has 1 saturated heterocycles. The van der Waals surface area contributed by atoms with Crippen molar-refractivity contribution in [3.05, 3.63) is 72.6 Å². The molecule has 0 saturated carbocycles. The summed E-state index contributed by atoms with van der Waals surface area (Å²) in [4.78, 5) is 19.1. The first-order valence-corrected chi connectivity index (χ1v) is 12.3. The van der Waals surface area contributed by atoms with Crippen molar-refractivity contribution in [1.29, 1.82) is 0 Å². The van der Waals surface area contributed by atoms with Gasteiger partial charge in [0.25, 0.3) is 10.0 Å². The molecule has 0 N–H and O–H groups in total. The Hall–Kier alpha value is -2.91. The lowest BCUT2D eigenvalue weighted by Gasteiger charge is -2.29. The van der Waals surface area contributed by atoms with Gasteiger partial charge >= 0.3 is 0 Å². The molecular formula is C23H28N4O4S. The second-order valence-corrected chi connectivity index (χ2v) is 9.92. The van der Waals surface area contributed by atoms with Crippen molar-refractivity contribution in [3.63, 3.8) is 0 Å². The molecule has 1 aromatic carbocycles. The van der Waals surface area contributed by atoms with Crippen molar-refractivity contribution in [2.75, 3.05) is 13.1 Å². The number of carbonyl (C=O) groups is 1. The monoisotopic (exact) mass is 456 g/mol. The van der Waals surface area contributed by atoms with E-state index in [-0.39, 0.29) is 23.5 Å². The summed E-state index contributed by atoms with van der Waals surface area (Å²) in [6, 6.07) is 13.2. The van der Waals surface area contributed by atoms with Gasteiger partial charge in [-0.1, -0.05) is 36.8 Å². The Kier molecular flexibility index (Phi) is 6.76. The first-order chi connectivity index (χ1) is 15.4. The molecule has 0 bridgehead atoms. The Bertz CT molecular complexity index is 1120. The SMILES string of the molecule is CC(c1ccccc1)N(Cc1ccco1)C(=O)Cn1cnc(S(=O)(=O)N2CCCCC2)c1. The summed E-state index contributed by atoms with van der Waals surface area (Å²) in [6.07, 6.45) is 7.20. The van der Waals surface area contributed by atoms with Crippen LogP contribution in [0.25, 0.3) is 0 Å². The highest BCUT2D eigenvalue weighted by Crippen LogP contribution is 2.24. The Labute approximate surface area is 188 Å². The van der Waals surface area contributed by atoms with Gasteiger partial charge in [-0.25, -0.2) is 13.4 Å². The number of hydrogen-bond acceptors (Lipinski definition) is 5. The number of rotatable bonds is 8. The summed E-state index contributed by atoms with van der Waals surface area (Å²) >= 11 is 0. The fourth-order valence-corrected chi connectivity index (χ4v) is 5.42. The molecule has 3 aromatic rings. The van der Waals surface area contributed by atoms with Gasteiger partial charge in [0.15, 0.2) is 5.03 Å². The van der Waals surface area contributed by atoms with Crippen LogP contribution in [0.4, 0.5) is 0 Å². The molecule has 1 fully saturated rings. The van der Waals surface area contributed by atoms with E-state index in [4.69, 9.17) is 4.42 Å². The summed E-state index contributed by atoms with van der Waals surface area (Å²) in [5.74, 6) is 0.525. The zero-order valence-corrected chi connectivity index (χ0v) is 18.9. The van der Waals surface area contributed by atoms with Crippen LogP contribution in [0.5, 0.6) is 0 Å². The molecule has 1 aliphatic rings. The topological polar surface area (TPSA) is 88.6 Å². The number of nitrogens with zero attached hydrogens (tertiary/aromatic N) is 4. The van der Waals surface area contributed by atoms with E-state index in [2.05, 4.69) is 4.98 Å². The van der Waals surface area contributed by atoms with Crippen molar-refractivity contribution < 1.29 is 17.6 Å². The van der Waals surface area contributed by atoms with E-state index in [0.29, 0.717) is 25.4 Å². The number of sulfonamides is 1. The Morgan fingerprint density at radius 1 is 1.12 bits per heavy atom. The molecule has 0 radical (unpaired) electrons. The van der Waals surface area contributed by atoms with E-state index in [0.717, 1.165) is 24.8 Å². The van der Waals surface area contributed by atoms with Crippen molar-refractivity contribution in [2.45, 2.75) is 50.3 Å². The Morgan fingerprint density at radius 3 is 2.56 bits per heavy atom. The quantitative estimate of drug-likeness (QED) is 0.518. The van der Waals surface area contributed by atoms with Gasteiger partial charge in [-0.3, -0.25) is 4.79 Å². The van der Waals surface area contributed by atoms with Crippen LogP contribution in [-0.4, -0.2) is 46.2 Å². The minimum absolute atomic E-state index is 0.0131. The molecule has 1 unspecified atom stereocenters.